The van der Waals surface area contributed by atoms with Crippen molar-refractivity contribution >= 4 is 11.6 Å². The monoisotopic (exact) mass is 423 g/mol. The molecule has 0 spiro atoms. The second kappa shape index (κ2) is 7.16. The minimum absolute atomic E-state index is 0.0665. The zero-order chi connectivity index (χ0) is 21.6. The van der Waals surface area contributed by atoms with Gasteiger partial charge in [-0.15, -0.1) is 0 Å². The molecule has 10 heteroatoms. The van der Waals surface area contributed by atoms with Crippen molar-refractivity contribution in [3.8, 4) is 17.6 Å². The van der Waals surface area contributed by atoms with Crippen LogP contribution < -0.4 is 15.0 Å². The summed E-state index contributed by atoms with van der Waals surface area (Å²) in [4.78, 5) is 13.2. The number of alkyl halides is 3. The molecule has 0 bridgehead atoms. The number of hydrogen-bond acceptors (Lipinski definition) is 4. The van der Waals surface area contributed by atoms with Crippen LogP contribution in [0.3, 0.4) is 0 Å². The first-order valence-corrected chi connectivity index (χ1v) is 9.05. The van der Waals surface area contributed by atoms with E-state index in [1.165, 1.54) is 18.2 Å². The predicted octanol–water partition coefficient (Wildman–Crippen LogP) is 4.33. The Kier molecular flexibility index (Phi) is 4.76. The first kappa shape index (κ1) is 19.9. The fourth-order valence-corrected chi connectivity index (χ4v) is 3.96. The van der Waals surface area contributed by atoms with Crippen LogP contribution in [0.2, 0.25) is 0 Å². The Hall–Kier alpha value is -3.35. The molecule has 2 aliphatic heterocycles. The highest BCUT2D eigenvalue weighted by atomic mass is 19.4. The molecule has 2 heterocycles. The second-order valence-corrected chi connectivity index (χ2v) is 7.03. The zero-order valence-electron chi connectivity index (χ0n) is 15.3. The van der Waals surface area contributed by atoms with Crippen molar-refractivity contribution in [1.29, 1.82) is 5.26 Å². The molecule has 0 radical (unpaired) electrons. The number of fused-ring (bicyclic) bond motifs is 5. The number of halogens is 5. The molecule has 2 aromatic carbocycles. The van der Waals surface area contributed by atoms with E-state index in [9.17, 15) is 32.0 Å². The molecule has 2 aromatic rings. The molecule has 156 valence electrons. The highest BCUT2D eigenvalue weighted by Gasteiger charge is 2.45. The summed E-state index contributed by atoms with van der Waals surface area (Å²) in [6, 6.07) is 5.93. The van der Waals surface area contributed by atoms with E-state index in [0.29, 0.717) is 13.0 Å². The third kappa shape index (κ3) is 3.30. The van der Waals surface area contributed by atoms with Crippen LogP contribution in [-0.2, 0) is 4.79 Å². The number of nitriles is 1. The molecule has 2 atom stereocenters. The number of nitrogens with one attached hydrogen (secondary N) is 1. The van der Waals surface area contributed by atoms with Gasteiger partial charge in [-0.05, 0) is 25.0 Å². The van der Waals surface area contributed by atoms with E-state index in [-0.39, 0.29) is 34.7 Å². The minimum atomic E-state index is -5.08. The zero-order valence-corrected chi connectivity index (χ0v) is 15.3. The van der Waals surface area contributed by atoms with Gasteiger partial charge in [-0.2, -0.15) is 18.4 Å². The molecule has 1 amide bonds. The van der Waals surface area contributed by atoms with Gasteiger partial charge in [-0.3, -0.25) is 4.79 Å². The van der Waals surface area contributed by atoms with E-state index in [1.807, 2.05) is 5.32 Å². The molecule has 2 aliphatic rings. The number of hydrogen-bond donors (Lipinski definition) is 1. The van der Waals surface area contributed by atoms with Crippen molar-refractivity contribution in [2.24, 2.45) is 0 Å². The summed E-state index contributed by atoms with van der Waals surface area (Å²) in [7, 11) is 0. The van der Waals surface area contributed by atoms with Gasteiger partial charge in [0.15, 0.2) is 17.3 Å². The molecule has 1 N–H and O–H groups in total. The van der Waals surface area contributed by atoms with Gasteiger partial charge >= 0.3 is 12.1 Å². The number of nitrogens with zero attached hydrogens (tertiary/aromatic N) is 2. The van der Waals surface area contributed by atoms with E-state index in [1.54, 1.807) is 11.0 Å². The number of anilines is 1. The smallest absolute Gasteiger partial charge is 0.452 e. The molecule has 1 saturated heterocycles. The van der Waals surface area contributed by atoms with Crippen LogP contribution in [0.15, 0.2) is 30.3 Å². The summed E-state index contributed by atoms with van der Waals surface area (Å²) >= 11 is 0. The Morgan fingerprint density at radius 2 is 2.00 bits per heavy atom. The first-order chi connectivity index (χ1) is 14.2. The molecule has 2 unspecified atom stereocenters. The average Bonchev–Trinajstić information content (AvgIpc) is 2.82. The van der Waals surface area contributed by atoms with Crippen LogP contribution in [0.1, 0.15) is 30.0 Å². The van der Waals surface area contributed by atoms with Crippen LogP contribution in [-0.4, -0.2) is 24.7 Å². The number of para-hydroxylation sites is 1. The van der Waals surface area contributed by atoms with Crippen LogP contribution >= 0.6 is 0 Å². The molecule has 4 rings (SSSR count). The Bertz CT molecular complexity index is 1060. The van der Waals surface area contributed by atoms with Gasteiger partial charge in [0, 0.05) is 18.2 Å². The van der Waals surface area contributed by atoms with Crippen LogP contribution in [0, 0.1) is 23.0 Å². The number of rotatable bonds is 1. The van der Waals surface area contributed by atoms with Gasteiger partial charge in [0.1, 0.15) is 11.9 Å². The Morgan fingerprint density at radius 3 is 2.70 bits per heavy atom. The number of piperidine rings is 1. The summed E-state index contributed by atoms with van der Waals surface area (Å²) in [6.07, 6.45) is -4.47. The lowest BCUT2D eigenvalue weighted by Gasteiger charge is -2.42. The van der Waals surface area contributed by atoms with Crippen LogP contribution in [0.5, 0.6) is 11.5 Å². The fraction of sp³-hybridized carbons (Fsp3) is 0.300. The molecular formula is C20H14F5N3O2. The lowest BCUT2D eigenvalue weighted by molar-refractivity contribution is -0.174. The summed E-state index contributed by atoms with van der Waals surface area (Å²) in [6.45, 7) is 0.325. The van der Waals surface area contributed by atoms with Gasteiger partial charge in [0.2, 0.25) is 0 Å². The third-order valence-electron chi connectivity index (χ3n) is 5.21. The number of carbonyl (C=O) groups is 1. The summed E-state index contributed by atoms with van der Waals surface area (Å²) < 4.78 is 73.0. The normalized spacial score (nSPS) is 20.1. The lowest BCUT2D eigenvalue weighted by Crippen LogP contribution is -2.52. The molecule has 0 aromatic heterocycles. The van der Waals surface area contributed by atoms with Crippen molar-refractivity contribution in [1.82, 2.24) is 5.32 Å². The molecule has 30 heavy (non-hydrogen) atoms. The Balaban J connectivity index is 1.88. The van der Waals surface area contributed by atoms with Crippen LogP contribution in [0.25, 0.3) is 0 Å². The number of benzene rings is 2. The predicted molar refractivity (Wildman–Crippen MR) is 94.9 cm³/mol. The summed E-state index contributed by atoms with van der Waals surface area (Å²) in [5.74, 6) is -4.08. The topological polar surface area (TPSA) is 65.4 Å². The van der Waals surface area contributed by atoms with Gasteiger partial charge < -0.3 is 15.0 Å². The fourth-order valence-electron chi connectivity index (χ4n) is 3.96. The van der Waals surface area contributed by atoms with E-state index >= 15 is 0 Å². The van der Waals surface area contributed by atoms with Gasteiger partial charge in [-0.25, -0.2) is 8.78 Å². The van der Waals surface area contributed by atoms with Gasteiger partial charge in [0.25, 0.3) is 0 Å². The maximum Gasteiger partial charge on any atom is 0.471 e. The molecule has 1 fully saturated rings. The third-order valence-corrected chi connectivity index (χ3v) is 5.21. The van der Waals surface area contributed by atoms with Crippen LogP contribution in [0.4, 0.5) is 27.6 Å². The number of carbonyl (C=O) groups excluding carboxylic acids is 1. The Morgan fingerprint density at radius 1 is 1.23 bits per heavy atom. The summed E-state index contributed by atoms with van der Waals surface area (Å²) in [5.41, 5.74) is 0.167. The van der Waals surface area contributed by atoms with Gasteiger partial charge in [0.05, 0.1) is 23.3 Å². The van der Waals surface area contributed by atoms with Crippen molar-refractivity contribution in [2.75, 3.05) is 11.4 Å². The highest BCUT2D eigenvalue weighted by Crippen LogP contribution is 2.49. The second-order valence-electron chi connectivity index (χ2n) is 7.03. The van der Waals surface area contributed by atoms with Crippen molar-refractivity contribution < 1.29 is 31.5 Å². The molecular weight excluding hydrogens is 409 g/mol. The minimum Gasteiger partial charge on any atom is -0.452 e. The summed E-state index contributed by atoms with van der Waals surface area (Å²) in [5, 5.41) is 11.2. The quantitative estimate of drug-likeness (QED) is 0.694. The lowest BCUT2D eigenvalue weighted by atomic mass is 9.89. The largest absolute Gasteiger partial charge is 0.471 e. The highest BCUT2D eigenvalue weighted by molar-refractivity contribution is 5.82. The molecule has 0 saturated carbocycles. The van der Waals surface area contributed by atoms with E-state index in [0.717, 1.165) is 12.1 Å². The van der Waals surface area contributed by atoms with Crippen molar-refractivity contribution in [3.63, 3.8) is 0 Å². The SMILES string of the molecule is N#Cc1cc2c(cc1F)Oc1c(F)cccc1C1C(NC(=O)C(F)(F)F)CCCN21. The Labute approximate surface area is 167 Å². The first-order valence-electron chi connectivity index (χ1n) is 9.05. The van der Waals surface area contributed by atoms with E-state index < -0.39 is 35.8 Å². The van der Waals surface area contributed by atoms with Gasteiger partial charge in [-0.1, -0.05) is 12.1 Å². The standard InChI is InChI=1S/C20H14F5N3O2/c21-12-4-1-3-11-17-14(27-19(29)20(23,24)25)5-2-6-28(17)15-7-10(9-26)13(22)8-16(15)30-18(11)12/h1,3-4,7-8,14,17H,2,5-6H2,(H,27,29). The molecule has 0 aliphatic carbocycles. The van der Waals surface area contributed by atoms with E-state index in [4.69, 9.17) is 4.74 Å². The average molecular weight is 423 g/mol. The number of ether oxygens (including phenoxy) is 1. The van der Waals surface area contributed by atoms with E-state index in [2.05, 4.69) is 0 Å². The maximum absolute atomic E-state index is 14.6. The van der Waals surface area contributed by atoms with Crippen molar-refractivity contribution in [3.05, 3.63) is 53.1 Å². The molecule has 5 nitrogen and oxygen atoms in total. The maximum atomic E-state index is 14.6. The number of amides is 1. The van der Waals surface area contributed by atoms with Crippen molar-refractivity contribution in [2.45, 2.75) is 31.1 Å².